The van der Waals surface area contributed by atoms with Crippen molar-refractivity contribution in [2.75, 3.05) is 65.4 Å². The van der Waals surface area contributed by atoms with Gasteiger partial charge in [0.15, 0.2) is 0 Å². The Labute approximate surface area is 170 Å². The van der Waals surface area contributed by atoms with Crippen LogP contribution < -0.4 is 15.0 Å². The molecule has 0 unspecified atom stereocenters. The molecule has 1 amide bonds. The van der Waals surface area contributed by atoms with Gasteiger partial charge in [-0.1, -0.05) is 6.07 Å². The molecule has 1 N–H and O–H groups in total. The first-order valence-electron chi connectivity index (χ1n) is 9.54. The Morgan fingerprint density at radius 2 is 2.07 bits per heavy atom. The average Bonchev–Trinajstić information content (AvgIpc) is 3.17. The molecule has 2 heterocycles. The van der Waals surface area contributed by atoms with Crippen LogP contribution in [0.1, 0.15) is 15.5 Å². The molecule has 0 aliphatic carbocycles. The second-order valence-electron chi connectivity index (χ2n) is 7.15. The monoisotopic (exact) mass is 403 g/mol. The summed E-state index contributed by atoms with van der Waals surface area (Å²) in [5, 5.41) is 5.76. The van der Waals surface area contributed by atoms with Crippen molar-refractivity contribution in [1.29, 1.82) is 0 Å². The lowest BCUT2D eigenvalue weighted by Gasteiger charge is -2.35. The van der Waals surface area contributed by atoms with Gasteiger partial charge in [-0.25, -0.2) is 4.98 Å². The summed E-state index contributed by atoms with van der Waals surface area (Å²) in [4.78, 5) is 23.5. The highest BCUT2D eigenvalue weighted by Gasteiger charge is 2.19. The number of amides is 1. The molecular formula is C20H29N5O2S. The van der Waals surface area contributed by atoms with Gasteiger partial charge in [0.25, 0.3) is 5.91 Å². The Morgan fingerprint density at radius 3 is 2.79 bits per heavy atom. The molecule has 7 nitrogen and oxygen atoms in total. The predicted octanol–water partition coefficient (Wildman–Crippen LogP) is 1.77. The SMILES string of the molecule is COc1cccc(N2CCN(Cc3nc(C(=O)NCCN(C)C)cs3)CC2)c1. The number of benzene rings is 1. The molecule has 3 rings (SSSR count). The molecule has 1 saturated heterocycles. The highest BCUT2D eigenvalue weighted by molar-refractivity contribution is 7.09. The lowest BCUT2D eigenvalue weighted by atomic mass is 10.2. The average molecular weight is 404 g/mol. The number of nitrogens with zero attached hydrogens (tertiary/aromatic N) is 4. The number of ether oxygens (including phenoxy) is 1. The van der Waals surface area contributed by atoms with Crippen LogP contribution in [-0.2, 0) is 6.54 Å². The lowest BCUT2D eigenvalue weighted by Crippen LogP contribution is -2.45. The van der Waals surface area contributed by atoms with Gasteiger partial charge in [0, 0.05) is 56.4 Å². The maximum atomic E-state index is 12.2. The van der Waals surface area contributed by atoms with Gasteiger partial charge < -0.3 is 19.9 Å². The Bertz CT molecular complexity index is 771. The summed E-state index contributed by atoms with van der Waals surface area (Å²) in [6, 6.07) is 8.20. The summed E-state index contributed by atoms with van der Waals surface area (Å²) in [5.74, 6) is 0.797. The number of piperazine rings is 1. The zero-order valence-electron chi connectivity index (χ0n) is 16.9. The zero-order chi connectivity index (χ0) is 19.9. The highest BCUT2D eigenvalue weighted by Crippen LogP contribution is 2.22. The first-order chi connectivity index (χ1) is 13.5. The van der Waals surface area contributed by atoms with E-state index < -0.39 is 0 Å². The van der Waals surface area contributed by atoms with E-state index in [9.17, 15) is 4.79 Å². The molecule has 0 atom stereocenters. The topological polar surface area (TPSA) is 60.9 Å². The van der Waals surface area contributed by atoms with Gasteiger partial charge >= 0.3 is 0 Å². The van der Waals surface area contributed by atoms with Crippen molar-refractivity contribution in [1.82, 2.24) is 20.1 Å². The largest absolute Gasteiger partial charge is 0.497 e. The second-order valence-corrected chi connectivity index (χ2v) is 8.09. The van der Waals surface area contributed by atoms with E-state index in [2.05, 4.69) is 32.2 Å². The van der Waals surface area contributed by atoms with Gasteiger partial charge in [0.1, 0.15) is 16.5 Å². The third-order valence-electron chi connectivity index (χ3n) is 4.78. The number of carbonyl (C=O) groups is 1. The number of rotatable bonds is 8. The Hall–Kier alpha value is -2.16. The summed E-state index contributed by atoms with van der Waals surface area (Å²) in [6.07, 6.45) is 0. The molecule has 0 spiro atoms. The molecule has 28 heavy (non-hydrogen) atoms. The number of nitrogens with one attached hydrogen (secondary N) is 1. The van der Waals surface area contributed by atoms with E-state index in [1.807, 2.05) is 36.5 Å². The van der Waals surface area contributed by atoms with Gasteiger partial charge in [-0.3, -0.25) is 9.69 Å². The zero-order valence-corrected chi connectivity index (χ0v) is 17.7. The van der Waals surface area contributed by atoms with Gasteiger partial charge in [0.05, 0.1) is 13.7 Å². The number of hydrogen-bond donors (Lipinski definition) is 1. The summed E-state index contributed by atoms with van der Waals surface area (Å²) in [6.45, 7) is 6.13. The van der Waals surface area contributed by atoms with Gasteiger partial charge in [0.2, 0.25) is 0 Å². The van der Waals surface area contributed by atoms with Crippen molar-refractivity contribution in [3.63, 3.8) is 0 Å². The third-order valence-corrected chi connectivity index (χ3v) is 5.61. The van der Waals surface area contributed by atoms with Gasteiger partial charge in [-0.2, -0.15) is 0 Å². The minimum atomic E-state index is -0.0906. The third kappa shape index (κ3) is 5.67. The number of aromatic nitrogens is 1. The molecule has 1 fully saturated rings. The fraction of sp³-hybridized carbons (Fsp3) is 0.500. The molecule has 2 aromatic rings. The van der Waals surface area contributed by atoms with Crippen molar-refractivity contribution in [2.45, 2.75) is 6.54 Å². The molecule has 1 aromatic carbocycles. The van der Waals surface area contributed by atoms with E-state index >= 15 is 0 Å². The molecule has 0 radical (unpaired) electrons. The van der Waals surface area contributed by atoms with E-state index in [0.29, 0.717) is 12.2 Å². The number of carbonyl (C=O) groups excluding carboxylic acids is 1. The van der Waals surface area contributed by atoms with E-state index in [4.69, 9.17) is 4.74 Å². The van der Waals surface area contributed by atoms with Crippen LogP contribution in [0.2, 0.25) is 0 Å². The standard InChI is InChI=1S/C20H29N5O2S/c1-23(2)8-7-21-20(26)18-15-28-19(22-18)14-24-9-11-25(12-10-24)16-5-4-6-17(13-16)27-3/h4-6,13,15H,7-12,14H2,1-3H3,(H,21,26). The molecule has 1 aliphatic heterocycles. The molecule has 1 aliphatic rings. The van der Waals surface area contributed by atoms with Crippen molar-refractivity contribution < 1.29 is 9.53 Å². The van der Waals surface area contributed by atoms with Crippen molar-refractivity contribution in [3.05, 3.63) is 40.3 Å². The number of anilines is 1. The quantitative estimate of drug-likeness (QED) is 0.725. The number of likely N-dealkylation sites (N-methyl/N-ethyl adjacent to an activating group) is 1. The summed E-state index contributed by atoms with van der Waals surface area (Å²) >= 11 is 1.56. The van der Waals surface area contributed by atoms with Crippen LogP contribution in [0.4, 0.5) is 5.69 Å². The summed E-state index contributed by atoms with van der Waals surface area (Å²) in [7, 11) is 5.67. The second kappa shape index (κ2) is 9.86. The normalized spacial score (nSPS) is 15.1. The Balaban J connectivity index is 1.47. The van der Waals surface area contributed by atoms with Crippen molar-refractivity contribution >= 4 is 22.9 Å². The minimum Gasteiger partial charge on any atom is -0.497 e. The van der Waals surface area contributed by atoms with E-state index in [1.54, 1.807) is 18.4 Å². The molecule has 8 heteroatoms. The van der Waals surface area contributed by atoms with Crippen LogP contribution in [0.3, 0.4) is 0 Å². The van der Waals surface area contributed by atoms with Crippen LogP contribution in [0.15, 0.2) is 29.6 Å². The first kappa shape index (κ1) is 20.6. The van der Waals surface area contributed by atoms with Gasteiger partial charge in [-0.05, 0) is 26.2 Å². The maximum Gasteiger partial charge on any atom is 0.270 e. The molecule has 0 bridgehead atoms. The fourth-order valence-electron chi connectivity index (χ4n) is 3.13. The van der Waals surface area contributed by atoms with Crippen LogP contribution in [-0.4, -0.2) is 81.2 Å². The predicted molar refractivity (Wildman–Crippen MR) is 113 cm³/mol. The smallest absolute Gasteiger partial charge is 0.270 e. The van der Waals surface area contributed by atoms with Crippen LogP contribution in [0, 0.1) is 0 Å². The Kier molecular flexibility index (Phi) is 7.24. The molecule has 1 aromatic heterocycles. The number of thiazole rings is 1. The first-order valence-corrected chi connectivity index (χ1v) is 10.4. The molecular weight excluding hydrogens is 374 g/mol. The van der Waals surface area contributed by atoms with Crippen LogP contribution in [0.5, 0.6) is 5.75 Å². The highest BCUT2D eigenvalue weighted by atomic mass is 32.1. The number of hydrogen-bond acceptors (Lipinski definition) is 7. The lowest BCUT2D eigenvalue weighted by molar-refractivity contribution is 0.0946. The van der Waals surface area contributed by atoms with E-state index in [0.717, 1.165) is 50.0 Å². The fourth-order valence-corrected chi connectivity index (χ4v) is 3.95. The van der Waals surface area contributed by atoms with Crippen LogP contribution >= 0.6 is 11.3 Å². The van der Waals surface area contributed by atoms with Crippen molar-refractivity contribution in [2.24, 2.45) is 0 Å². The Morgan fingerprint density at radius 1 is 1.29 bits per heavy atom. The maximum absolute atomic E-state index is 12.2. The molecule has 0 saturated carbocycles. The van der Waals surface area contributed by atoms with Crippen LogP contribution in [0.25, 0.3) is 0 Å². The van der Waals surface area contributed by atoms with E-state index in [1.165, 1.54) is 5.69 Å². The summed E-state index contributed by atoms with van der Waals surface area (Å²) in [5.41, 5.74) is 1.72. The van der Waals surface area contributed by atoms with E-state index in [-0.39, 0.29) is 5.91 Å². The summed E-state index contributed by atoms with van der Waals surface area (Å²) < 4.78 is 5.32. The molecule has 152 valence electrons. The van der Waals surface area contributed by atoms with Gasteiger partial charge in [-0.15, -0.1) is 11.3 Å². The minimum absolute atomic E-state index is 0.0906. The number of methoxy groups -OCH3 is 1. The van der Waals surface area contributed by atoms with Crippen molar-refractivity contribution in [3.8, 4) is 5.75 Å².